The number of nitrogens with zero attached hydrogens (tertiary/aromatic N) is 1. The molecule has 0 amide bonds. The van der Waals surface area contributed by atoms with Gasteiger partial charge in [-0.3, -0.25) is 0 Å². The Morgan fingerprint density at radius 3 is 2.25 bits per heavy atom. The highest BCUT2D eigenvalue weighted by Crippen LogP contribution is 2.24. The highest BCUT2D eigenvalue weighted by molar-refractivity contribution is 4.77. The summed E-state index contributed by atoms with van der Waals surface area (Å²) in [6.07, 6.45) is 9.87. The Hall–Kier alpha value is -0.0800. The number of nitrogens with one attached hydrogen (secondary N) is 1. The lowest BCUT2D eigenvalue weighted by molar-refractivity contribution is 0.184. The van der Waals surface area contributed by atoms with Gasteiger partial charge >= 0.3 is 0 Å². The molecule has 0 unspecified atom stereocenters. The van der Waals surface area contributed by atoms with Gasteiger partial charge in [-0.2, -0.15) is 0 Å². The van der Waals surface area contributed by atoms with Crippen LogP contribution in [0, 0.1) is 11.8 Å². The van der Waals surface area contributed by atoms with Gasteiger partial charge in [0.15, 0.2) is 0 Å². The van der Waals surface area contributed by atoms with Gasteiger partial charge in [0.2, 0.25) is 0 Å². The van der Waals surface area contributed by atoms with Crippen molar-refractivity contribution in [2.45, 2.75) is 78.7 Å². The Labute approximate surface area is 127 Å². The van der Waals surface area contributed by atoms with Gasteiger partial charge in [-0.05, 0) is 70.1 Å². The van der Waals surface area contributed by atoms with E-state index in [1.807, 2.05) is 0 Å². The molecule has 1 aliphatic carbocycles. The van der Waals surface area contributed by atoms with Gasteiger partial charge in [-0.15, -0.1) is 0 Å². The zero-order valence-corrected chi connectivity index (χ0v) is 14.5. The molecular formula is C18H38N2. The summed E-state index contributed by atoms with van der Waals surface area (Å²) in [5.74, 6) is 1.61. The fraction of sp³-hybridized carbons (Fsp3) is 1.00. The van der Waals surface area contributed by atoms with Crippen molar-refractivity contribution in [3.63, 3.8) is 0 Å². The summed E-state index contributed by atoms with van der Waals surface area (Å²) in [4.78, 5) is 2.80. The largest absolute Gasteiger partial charge is 0.316 e. The summed E-state index contributed by atoms with van der Waals surface area (Å²) in [7, 11) is 0. The van der Waals surface area contributed by atoms with Crippen molar-refractivity contribution in [3.05, 3.63) is 0 Å². The highest BCUT2D eigenvalue weighted by Gasteiger charge is 2.21. The minimum Gasteiger partial charge on any atom is -0.316 e. The first-order valence-corrected chi connectivity index (χ1v) is 9.04. The lowest BCUT2D eigenvalue weighted by Gasteiger charge is -2.29. The van der Waals surface area contributed by atoms with E-state index in [2.05, 4.69) is 37.9 Å². The molecule has 0 aromatic heterocycles. The quantitative estimate of drug-likeness (QED) is 0.568. The first-order valence-electron chi connectivity index (χ1n) is 9.04. The molecule has 0 spiro atoms. The Kier molecular flexibility index (Phi) is 9.54. The average Bonchev–Trinajstić information content (AvgIpc) is 2.90. The van der Waals surface area contributed by atoms with Gasteiger partial charge < -0.3 is 10.2 Å². The van der Waals surface area contributed by atoms with Gasteiger partial charge in [0, 0.05) is 6.04 Å². The summed E-state index contributed by atoms with van der Waals surface area (Å²) in [6, 6.07) is 0.900. The van der Waals surface area contributed by atoms with Gasteiger partial charge in [0.25, 0.3) is 0 Å². The van der Waals surface area contributed by atoms with Crippen molar-refractivity contribution in [2.75, 3.05) is 26.2 Å². The predicted octanol–water partition coefficient (Wildman–Crippen LogP) is 4.30. The molecule has 0 heterocycles. The van der Waals surface area contributed by atoms with Crippen molar-refractivity contribution in [3.8, 4) is 0 Å². The smallest absolute Gasteiger partial charge is 0.00952 e. The topological polar surface area (TPSA) is 15.3 Å². The van der Waals surface area contributed by atoms with Crippen LogP contribution in [-0.2, 0) is 0 Å². The summed E-state index contributed by atoms with van der Waals surface area (Å²) >= 11 is 0. The second kappa shape index (κ2) is 10.6. The Morgan fingerprint density at radius 2 is 1.65 bits per heavy atom. The van der Waals surface area contributed by atoms with Gasteiger partial charge in [-0.25, -0.2) is 0 Å². The standard InChI is InChI=1S/C18H38N2/c1-16(2)11-14-20(18-9-5-6-10-18)13-8-7-12-19-15-17(3)4/h16-19H,5-15H2,1-4H3. The first-order chi connectivity index (χ1) is 9.59. The van der Waals surface area contributed by atoms with E-state index in [0.29, 0.717) is 0 Å². The third kappa shape index (κ3) is 8.26. The molecule has 1 rings (SSSR count). The van der Waals surface area contributed by atoms with Crippen molar-refractivity contribution >= 4 is 0 Å². The van der Waals surface area contributed by atoms with Crippen molar-refractivity contribution in [1.29, 1.82) is 0 Å². The molecule has 120 valence electrons. The predicted molar refractivity (Wildman–Crippen MR) is 90.2 cm³/mol. The van der Waals surface area contributed by atoms with E-state index in [4.69, 9.17) is 0 Å². The molecule has 2 nitrogen and oxygen atoms in total. The highest BCUT2D eigenvalue weighted by atomic mass is 15.2. The van der Waals surface area contributed by atoms with Crippen LogP contribution in [0.1, 0.15) is 72.6 Å². The van der Waals surface area contributed by atoms with Gasteiger partial charge in [-0.1, -0.05) is 40.5 Å². The van der Waals surface area contributed by atoms with Crippen LogP contribution >= 0.6 is 0 Å². The van der Waals surface area contributed by atoms with Crippen LogP contribution in [0.2, 0.25) is 0 Å². The maximum atomic E-state index is 3.56. The van der Waals surface area contributed by atoms with Crippen molar-refractivity contribution in [1.82, 2.24) is 10.2 Å². The molecule has 1 saturated carbocycles. The fourth-order valence-corrected chi connectivity index (χ4v) is 3.13. The van der Waals surface area contributed by atoms with Crippen molar-refractivity contribution < 1.29 is 0 Å². The molecule has 1 fully saturated rings. The van der Waals surface area contributed by atoms with Crippen LogP contribution in [0.3, 0.4) is 0 Å². The molecule has 2 heteroatoms. The normalized spacial score (nSPS) is 16.9. The molecule has 0 aromatic rings. The third-order valence-electron chi connectivity index (χ3n) is 4.44. The maximum Gasteiger partial charge on any atom is 0.00952 e. The SMILES string of the molecule is CC(C)CCN(CCCCNCC(C)C)C1CCCC1. The second-order valence-corrected chi connectivity index (χ2v) is 7.46. The van der Waals surface area contributed by atoms with E-state index in [9.17, 15) is 0 Å². The number of hydrogen-bond donors (Lipinski definition) is 1. The lowest BCUT2D eigenvalue weighted by atomic mass is 10.1. The Morgan fingerprint density at radius 1 is 0.950 bits per heavy atom. The Balaban J connectivity index is 2.15. The average molecular weight is 283 g/mol. The van der Waals surface area contributed by atoms with Gasteiger partial charge in [0.05, 0.1) is 0 Å². The van der Waals surface area contributed by atoms with Crippen molar-refractivity contribution in [2.24, 2.45) is 11.8 Å². The molecule has 0 atom stereocenters. The monoisotopic (exact) mass is 282 g/mol. The molecular weight excluding hydrogens is 244 g/mol. The van der Waals surface area contributed by atoms with Crippen LogP contribution in [0.5, 0.6) is 0 Å². The van der Waals surface area contributed by atoms with E-state index < -0.39 is 0 Å². The van der Waals surface area contributed by atoms with Gasteiger partial charge in [0.1, 0.15) is 0 Å². The van der Waals surface area contributed by atoms with Crippen LogP contribution in [0.4, 0.5) is 0 Å². The minimum atomic E-state index is 0.774. The summed E-state index contributed by atoms with van der Waals surface area (Å²) in [6.45, 7) is 14.3. The summed E-state index contributed by atoms with van der Waals surface area (Å²) in [5.41, 5.74) is 0. The molecule has 0 aromatic carbocycles. The minimum absolute atomic E-state index is 0.774. The fourth-order valence-electron chi connectivity index (χ4n) is 3.13. The van der Waals surface area contributed by atoms with E-state index in [-0.39, 0.29) is 0 Å². The van der Waals surface area contributed by atoms with Crippen LogP contribution < -0.4 is 5.32 Å². The zero-order chi connectivity index (χ0) is 14.8. The van der Waals surface area contributed by atoms with E-state index in [0.717, 1.165) is 17.9 Å². The van der Waals surface area contributed by atoms with Crippen LogP contribution in [-0.4, -0.2) is 37.1 Å². The summed E-state index contributed by atoms with van der Waals surface area (Å²) < 4.78 is 0. The molecule has 20 heavy (non-hydrogen) atoms. The molecule has 0 bridgehead atoms. The lowest BCUT2D eigenvalue weighted by Crippen LogP contribution is -2.35. The first kappa shape index (κ1) is 18.0. The summed E-state index contributed by atoms with van der Waals surface area (Å²) in [5, 5.41) is 3.56. The molecule has 1 aliphatic rings. The van der Waals surface area contributed by atoms with E-state index >= 15 is 0 Å². The van der Waals surface area contributed by atoms with Crippen LogP contribution in [0.15, 0.2) is 0 Å². The molecule has 0 saturated heterocycles. The molecule has 1 N–H and O–H groups in total. The molecule has 0 radical (unpaired) electrons. The van der Waals surface area contributed by atoms with E-state index in [1.54, 1.807) is 0 Å². The number of unbranched alkanes of at least 4 members (excludes halogenated alkanes) is 1. The number of hydrogen-bond acceptors (Lipinski definition) is 2. The van der Waals surface area contributed by atoms with E-state index in [1.165, 1.54) is 71.1 Å². The van der Waals surface area contributed by atoms with Crippen LogP contribution in [0.25, 0.3) is 0 Å². The second-order valence-electron chi connectivity index (χ2n) is 7.46. The third-order valence-corrected chi connectivity index (χ3v) is 4.44. The maximum absolute atomic E-state index is 3.56. The molecule has 0 aliphatic heterocycles. The Bertz CT molecular complexity index is 219. The zero-order valence-electron chi connectivity index (χ0n) is 14.5. The number of rotatable bonds is 11.